The van der Waals surface area contributed by atoms with Crippen LogP contribution in [0.15, 0.2) is 18.2 Å². The van der Waals surface area contributed by atoms with Crippen LogP contribution in [0.2, 0.25) is 5.02 Å². The highest BCUT2D eigenvalue weighted by Gasteiger charge is 2.53. The van der Waals surface area contributed by atoms with Crippen LogP contribution in [0, 0.1) is 5.41 Å². The third-order valence-electron chi connectivity index (χ3n) is 5.62. The number of carbonyl (C=O) groups excluding carboxylic acids is 4. The Balaban J connectivity index is 2.37. The van der Waals surface area contributed by atoms with Crippen molar-refractivity contribution in [3.8, 4) is 5.75 Å². The minimum atomic E-state index is -1.29. The first-order chi connectivity index (χ1) is 15.3. The number of amides is 4. The number of hydrogen-bond acceptors (Lipinski definition) is 6. The maximum absolute atomic E-state index is 13.8. The zero-order valence-electron chi connectivity index (χ0n) is 18.8. The summed E-state index contributed by atoms with van der Waals surface area (Å²) in [5, 5.41) is 23.6. The number of benzene rings is 1. The topological polar surface area (TPSA) is 150 Å². The normalized spacial score (nSPS) is 17.0. The fourth-order valence-electron chi connectivity index (χ4n) is 3.80. The first kappa shape index (κ1) is 26.3. The van der Waals surface area contributed by atoms with Crippen molar-refractivity contribution in [2.24, 2.45) is 5.41 Å². The van der Waals surface area contributed by atoms with Crippen LogP contribution in [0.1, 0.15) is 50.4 Å². The molecule has 0 saturated carbocycles. The van der Waals surface area contributed by atoms with Gasteiger partial charge in [0.05, 0.1) is 30.1 Å². The van der Waals surface area contributed by atoms with Crippen molar-refractivity contribution in [1.82, 2.24) is 10.6 Å². The smallest absolute Gasteiger partial charge is 0.424 e. The Morgan fingerprint density at radius 2 is 1.76 bits per heavy atom. The number of halogens is 1. The molecule has 180 valence electrons. The van der Waals surface area contributed by atoms with Crippen LogP contribution in [0.3, 0.4) is 0 Å². The van der Waals surface area contributed by atoms with E-state index in [4.69, 9.17) is 16.7 Å². The highest BCUT2D eigenvalue weighted by Crippen LogP contribution is 2.31. The molecular formula is C22H29ClN3O7+. The molecule has 0 aromatic heterocycles. The molecule has 0 radical (unpaired) electrons. The highest BCUT2D eigenvalue weighted by atomic mass is 35.5. The average molecular weight is 483 g/mol. The Morgan fingerprint density at radius 3 is 2.27 bits per heavy atom. The summed E-state index contributed by atoms with van der Waals surface area (Å²) in [6.45, 7) is 5.48. The van der Waals surface area contributed by atoms with Gasteiger partial charge in [-0.1, -0.05) is 38.4 Å². The van der Waals surface area contributed by atoms with E-state index in [1.165, 1.54) is 18.2 Å². The lowest BCUT2D eigenvalue weighted by Gasteiger charge is -2.37. The number of phenols is 1. The van der Waals surface area contributed by atoms with E-state index in [0.717, 1.165) is 0 Å². The van der Waals surface area contributed by atoms with Crippen molar-refractivity contribution in [1.29, 1.82) is 0 Å². The summed E-state index contributed by atoms with van der Waals surface area (Å²) >= 11 is 6.04. The Hall–Kier alpha value is -2.98. The molecule has 1 saturated heterocycles. The number of urea groups is 1. The quantitative estimate of drug-likeness (QED) is 0.343. The summed E-state index contributed by atoms with van der Waals surface area (Å²) in [7, 11) is 0. The lowest BCUT2D eigenvalue weighted by atomic mass is 9.85. The van der Waals surface area contributed by atoms with E-state index in [1.54, 1.807) is 20.8 Å². The average Bonchev–Trinajstić information content (AvgIpc) is 3.23. The molecular weight excluding hydrogens is 454 g/mol. The van der Waals surface area contributed by atoms with Crippen LogP contribution in [0.4, 0.5) is 4.79 Å². The van der Waals surface area contributed by atoms with Crippen LogP contribution in [-0.2, 0) is 14.4 Å². The summed E-state index contributed by atoms with van der Waals surface area (Å²) in [5.41, 5.74) is -0.839. The van der Waals surface area contributed by atoms with Crippen molar-refractivity contribution in [3.05, 3.63) is 28.8 Å². The summed E-state index contributed by atoms with van der Waals surface area (Å²) in [6.07, 6.45) is 0.828. The van der Waals surface area contributed by atoms with Crippen LogP contribution in [-0.4, -0.2) is 70.0 Å². The van der Waals surface area contributed by atoms with Crippen molar-refractivity contribution in [2.75, 3.05) is 13.1 Å². The standard InChI is InChI=1S/C22H28ClN3O7/c1-22(2,3)18(25-19(31)14-7-6-8-15(28)17(14)23)20(32)26(9-4-5-10-26)21(33)24-13(12-27)11-16(29)30/h6-8,12-13,18H,4-5,9-11H2,1-3H3,(H3-,24,25,28,29,30,31,33)/p+1/t13-,18+/m0/s1. The fourth-order valence-corrected chi connectivity index (χ4v) is 4.01. The Morgan fingerprint density at radius 1 is 1.15 bits per heavy atom. The van der Waals surface area contributed by atoms with Gasteiger partial charge in [0.2, 0.25) is 0 Å². The fraction of sp³-hybridized carbons (Fsp3) is 0.500. The largest absolute Gasteiger partial charge is 0.506 e. The summed E-state index contributed by atoms with van der Waals surface area (Å²) in [4.78, 5) is 62.1. The lowest BCUT2D eigenvalue weighted by molar-refractivity contribution is -0.761. The van der Waals surface area contributed by atoms with Gasteiger partial charge in [-0.05, 0) is 17.5 Å². The molecule has 1 aromatic carbocycles. The number of likely N-dealkylation sites (tertiary alicyclic amines) is 1. The molecule has 4 N–H and O–H groups in total. The van der Waals surface area contributed by atoms with E-state index in [2.05, 4.69) is 10.6 Å². The second-order valence-electron chi connectivity index (χ2n) is 9.16. The Labute approximate surface area is 196 Å². The van der Waals surface area contributed by atoms with Crippen molar-refractivity contribution in [3.63, 3.8) is 0 Å². The molecule has 4 amide bonds. The Bertz CT molecular complexity index is 952. The van der Waals surface area contributed by atoms with Gasteiger partial charge in [0.15, 0.2) is 6.04 Å². The maximum Gasteiger partial charge on any atom is 0.424 e. The third-order valence-corrected chi connectivity index (χ3v) is 6.02. The van der Waals surface area contributed by atoms with Gasteiger partial charge in [0.25, 0.3) is 5.91 Å². The molecule has 0 spiro atoms. The number of nitrogens with zero attached hydrogens (tertiary/aromatic N) is 1. The third kappa shape index (κ3) is 5.88. The van der Waals surface area contributed by atoms with E-state index in [9.17, 15) is 29.1 Å². The second-order valence-corrected chi connectivity index (χ2v) is 9.54. The minimum absolute atomic E-state index is 0.0291. The number of hydrogen-bond donors (Lipinski definition) is 4. The number of nitrogens with one attached hydrogen (secondary N) is 2. The van der Waals surface area contributed by atoms with E-state index in [1.807, 2.05) is 0 Å². The molecule has 2 rings (SSSR count). The molecule has 33 heavy (non-hydrogen) atoms. The molecule has 1 aliphatic heterocycles. The number of aromatic hydroxyl groups is 1. The monoisotopic (exact) mass is 482 g/mol. The van der Waals surface area contributed by atoms with Gasteiger partial charge in [-0.15, -0.1) is 0 Å². The molecule has 1 aliphatic rings. The minimum Gasteiger partial charge on any atom is -0.506 e. The molecule has 10 nitrogen and oxygen atoms in total. The van der Waals surface area contributed by atoms with Gasteiger partial charge in [-0.3, -0.25) is 14.9 Å². The second kappa shape index (κ2) is 10.3. The molecule has 2 atom stereocenters. The van der Waals surface area contributed by atoms with E-state index in [0.29, 0.717) is 19.1 Å². The van der Waals surface area contributed by atoms with Gasteiger partial charge in [0, 0.05) is 12.8 Å². The number of aliphatic carboxylic acids is 1. The lowest BCUT2D eigenvalue weighted by Crippen LogP contribution is -2.67. The number of aldehydes is 1. The van der Waals surface area contributed by atoms with Gasteiger partial charge >= 0.3 is 17.9 Å². The van der Waals surface area contributed by atoms with Crippen LogP contribution >= 0.6 is 11.6 Å². The van der Waals surface area contributed by atoms with E-state index < -0.39 is 52.2 Å². The molecule has 1 aromatic rings. The number of carboxylic acids is 1. The first-order valence-electron chi connectivity index (χ1n) is 10.5. The summed E-state index contributed by atoms with van der Waals surface area (Å²) in [5.74, 6) is -2.83. The molecule has 0 unspecified atom stereocenters. The van der Waals surface area contributed by atoms with Crippen molar-refractivity contribution in [2.45, 2.75) is 52.1 Å². The van der Waals surface area contributed by atoms with E-state index >= 15 is 0 Å². The number of phenolic OH excluding ortho intramolecular Hbond substituents is 1. The van der Waals surface area contributed by atoms with Crippen LogP contribution in [0.25, 0.3) is 0 Å². The SMILES string of the molecule is CC(C)(C)[C@H](NC(=O)c1cccc(O)c1Cl)C(=O)[N+]1(C(=O)N[C@H](C=O)CC(=O)O)CCCC1. The maximum atomic E-state index is 13.8. The number of carbonyl (C=O) groups is 5. The molecule has 1 heterocycles. The Kier molecular flexibility index (Phi) is 8.20. The van der Waals surface area contributed by atoms with Gasteiger partial charge < -0.3 is 20.3 Å². The number of carboxylic acid groups (broad SMARTS) is 1. The molecule has 11 heteroatoms. The predicted octanol–water partition coefficient (Wildman–Crippen LogP) is 2.08. The van der Waals surface area contributed by atoms with Crippen molar-refractivity contribution >= 4 is 41.7 Å². The van der Waals surface area contributed by atoms with Gasteiger partial charge in [-0.2, -0.15) is 4.48 Å². The van der Waals surface area contributed by atoms with Crippen LogP contribution in [0.5, 0.6) is 5.75 Å². The number of imide groups is 1. The van der Waals surface area contributed by atoms with E-state index in [-0.39, 0.29) is 29.4 Å². The van der Waals surface area contributed by atoms with Crippen LogP contribution < -0.4 is 10.6 Å². The number of quaternary nitrogens is 1. The molecule has 0 aliphatic carbocycles. The van der Waals surface area contributed by atoms with Gasteiger partial charge in [-0.25, -0.2) is 9.59 Å². The van der Waals surface area contributed by atoms with Gasteiger partial charge in [0.1, 0.15) is 18.1 Å². The van der Waals surface area contributed by atoms with Crippen molar-refractivity contribution < 1.29 is 38.7 Å². The zero-order valence-corrected chi connectivity index (χ0v) is 19.5. The predicted molar refractivity (Wildman–Crippen MR) is 119 cm³/mol. The zero-order chi connectivity index (χ0) is 25.0. The summed E-state index contributed by atoms with van der Waals surface area (Å²) in [6, 6.07) is 0.965. The number of rotatable bonds is 7. The highest BCUT2D eigenvalue weighted by molar-refractivity contribution is 6.35. The first-order valence-corrected chi connectivity index (χ1v) is 10.9. The summed E-state index contributed by atoms with van der Waals surface area (Å²) < 4.78 is -0.667. The molecule has 0 bridgehead atoms. The molecule has 1 fully saturated rings.